The zero-order valence-corrected chi connectivity index (χ0v) is 7.60. The van der Waals surface area contributed by atoms with Crippen LogP contribution in [0, 0.1) is 11.8 Å². The summed E-state index contributed by atoms with van der Waals surface area (Å²) in [6.45, 7) is 0.0148. The van der Waals surface area contributed by atoms with Gasteiger partial charge in [0, 0.05) is 12.5 Å². The predicted molar refractivity (Wildman–Crippen MR) is 44.0 cm³/mol. The van der Waals surface area contributed by atoms with Gasteiger partial charge in [-0.1, -0.05) is 0 Å². The van der Waals surface area contributed by atoms with Crippen LogP contribution in [0.25, 0.3) is 0 Å². The van der Waals surface area contributed by atoms with E-state index in [1.54, 1.807) is 0 Å². The lowest BCUT2D eigenvalue weighted by molar-refractivity contribution is -0.149. The number of hydrogen-bond donors (Lipinski definition) is 1. The standard InChI is InChI=1S/C9H14O4/c1-12-9(11)8-5(4-10)6-2-3-7(8)13-6/h5-8,10H,2-4H2,1H3. The van der Waals surface area contributed by atoms with Crippen molar-refractivity contribution in [3.63, 3.8) is 0 Å². The van der Waals surface area contributed by atoms with Crippen molar-refractivity contribution in [3.05, 3.63) is 0 Å². The molecule has 0 spiro atoms. The van der Waals surface area contributed by atoms with E-state index in [0.29, 0.717) is 0 Å². The van der Waals surface area contributed by atoms with Crippen LogP contribution < -0.4 is 0 Å². The van der Waals surface area contributed by atoms with Gasteiger partial charge in [-0.25, -0.2) is 0 Å². The van der Waals surface area contributed by atoms with Crippen molar-refractivity contribution in [2.45, 2.75) is 25.0 Å². The highest BCUT2D eigenvalue weighted by molar-refractivity contribution is 5.74. The van der Waals surface area contributed by atoms with E-state index in [2.05, 4.69) is 4.74 Å². The molecule has 0 aromatic heterocycles. The molecule has 2 heterocycles. The molecule has 13 heavy (non-hydrogen) atoms. The van der Waals surface area contributed by atoms with Gasteiger partial charge < -0.3 is 14.6 Å². The maximum atomic E-state index is 11.4. The van der Waals surface area contributed by atoms with Gasteiger partial charge in [0.15, 0.2) is 0 Å². The van der Waals surface area contributed by atoms with Gasteiger partial charge in [0.25, 0.3) is 0 Å². The molecule has 0 amide bonds. The molecule has 4 atom stereocenters. The monoisotopic (exact) mass is 186 g/mol. The first-order chi connectivity index (χ1) is 6.27. The van der Waals surface area contributed by atoms with Crippen molar-refractivity contribution < 1.29 is 19.4 Å². The van der Waals surface area contributed by atoms with Crippen LogP contribution in [0.1, 0.15) is 12.8 Å². The summed E-state index contributed by atoms with van der Waals surface area (Å²) in [6, 6.07) is 0. The molecule has 1 N–H and O–H groups in total. The first-order valence-corrected chi connectivity index (χ1v) is 4.62. The number of carbonyl (C=O) groups excluding carboxylic acids is 1. The molecule has 2 aliphatic heterocycles. The van der Waals surface area contributed by atoms with Crippen molar-refractivity contribution in [1.29, 1.82) is 0 Å². The highest BCUT2D eigenvalue weighted by atomic mass is 16.5. The van der Waals surface area contributed by atoms with Gasteiger partial charge in [-0.15, -0.1) is 0 Å². The molecule has 4 unspecified atom stereocenters. The number of aliphatic hydroxyl groups is 1. The van der Waals surface area contributed by atoms with Crippen LogP contribution in [-0.4, -0.2) is 37.0 Å². The maximum absolute atomic E-state index is 11.4. The van der Waals surface area contributed by atoms with Crippen molar-refractivity contribution in [1.82, 2.24) is 0 Å². The summed E-state index contributed by atoms with van der Waals surface area (Å²) in [5.41, 5.74) is 0. The molecule has 74 valence electrons. The molecule has 4 heteroatoms. The highest BCUT2D eigenvalue weighted by Crippen LogP contribution is 2.43. The average molecular weight is 186 g/mol. The van der Waals surface area contributed by atoms with E-state index in [0.717, 1.165) is 12.8 Å². The number of hydrogen-bond acceptors (Lipinski definition) is 4. The Kier molecular flexibility index (Phi) is 2.26. The number of fused-ring (bicyclic) bond motifs is 2. The molecule has 0 aromatic carbocycles. The number of esters is 1. The minimum Gasteiger partial charge on any atom is -0.469 e. The molecule has 0 radical (unpaired) electrons. The molecule has 0 saturated carbocycles. The lowest BCUT2D eigenvalue weighted by Gasteiger charge is -2.23. The van der Waals surface area contributed by atoms with E-state index in [1.807, 2.05) is 0 Å². The molecule has 2 rings (SSSR count). The van der Waals surface area contributed by atoms with Crippen molar-refractivity contribution in [3.8, 4) is 0 Å². The average Bonchev–Trinajstić information content (AvgIpc) is 2.74. The largest absolute Gasteiger partial charge is 0.469 e. The second-order valence-electron chi connectivity index (χ2n) is 3.69. The van der Waals surface area contributed by atoms with Gasteiger partial charge in [0.05, 0.1) is 25.2 Å². The van der Waals surface area contributed by atoms with Gasteiger partial charge in [-0.2, -0.15) is 0 Å². The number of methoxy groups -OCH3 is 1. The Hall–Kier alpha value is -0.610. The van der Waals surface area contributed by atoms with Crippen LogP contribution >= 0.6 is 0 Å². The summed E-state index contributed by atoms with van der Waals surface area (Å²) in [5, 5.41) is 9.12. The molecule has 0 aromatic rings. The van der Waals surface area contributed by atoms with E-state index in [9.17, 15) is 4.79 Å². The number of rotatable bonds is 2. The second kappa shape index (κ2) is 3.27. The summed E-state index contributed by atoms with van der Waals surface area (Å²) in [7, 11) is 1.38. The summed E-state index contributed by atoms with van der Waals surface area (Å²) in [4.78, 5) is 11.4. The predicted octanol–water partition coefficient (Wildman–Crippen LogP) is -0.0547. The Bertz CT molecular complexity index is 216. The SMILES string of the molecule is COC(=O)C1C2CCC(O2)C1CO. The quantitative estimate of drug-likeness (QED) is 0.614. The normalized spacial score (nSPS) is 42.3. The highest BCUT2D eigenvalue weighted by Gasteiger charge is 2.52. The lowest BCUT2D eigenvalue weighted by atomic mass is 9.80. The van der Waals surface area contributed by atoms with Crippen LogP contribution in [0.5, 0.6) is 0 Å². The van der Waals surface area contributed by atoms with Crippen LogP contribution in [0.15, 0.2) is 0 Å². The van der Waals surface area contributed by atoms with E-state index >= 15 is 0 Å². The van der Waals surface area contributed by atoms with Crippen LogP contribution in [-0.2, 0) is 14.3 Å². The summed E-state index contributed by atoms with van der Waals surface area (Å²) in [6.07, 6.45) is 1.93. The summed E-state index contributed by atoms with van der Waals surface area (Å²) in [5.74, 6) is -0.536. The molecule has 2 bridgehead atoms. The molecule has 2 aliphatic rings. The van der Waals surface area contributed by atoms with Crippen molar-refractivity contribution >= 4 is 5.97 Å². The zero-order valence-electron chi connectivity index (χ0n) is 7.60. The number of carbonyl (C=O) groups is 1. The molecule has 4 nitrogen and oxygen atoms in total. The second-order valence-corrected chi connectivity index (χ2v) is 3.69. The van der Waals surface area contributed by atoms with Crippen molar-refractivity contribution in [2.24, 2.45) is 11.8 Å². The van der Waals surface area contributed by atoms with Gasteiger partial charge >= 0.3 is 5.97 Å². The molecule has 2 fully saturated rings. The Morgan fingerprint density at radius 3 is 2.85 bits per heavy atom. The smallest absolute Gasteiger partial charge is 0.311 e. The van der Waals surface area contributed by atoms with Crippen molar-refractivity contribution in [2.75, 3.05) is 13.7 Å². The maximum Gasteiger partial charge on any atom is 0.311 e. The minimum absolute atomic E-state index is 0.0148. The third-order valence-corrected chi connectivity index (χ3v) is 3.11. The van der Waals surface area contributed by atoms with Gasteiger partial charge in [0.2, 0.25) is 0 Å². The summed E-state index contributed by atoms with van der Waals surface area (Å²) >= 11 is 0. The van der Waals surface area contributed by atoms with E-state index < -0.39 is 0 Å². The Morgan fingerprint density at radius 1 is 1.54 bits per heavy atom. The number of aliphatic hydroxyl groups excluding tert-OH is 1. The molecule has 2 saturated heterocycles. The molecular weight excluding hydrogens is 172 g/mol. The Morgan fingerprint density at radius 2 is 2.23 bits per heavy atom. The van der Waals surface area contributed by atoms with E-state index in [4.69, 9.17) is 9.84 Å². The fourth-order valence-electron chi connectivity index (χ4n) is 2.47. The van der Waals surface area contributed by atoms with E-state index in [1.165, 1.54) is 7.11 Å². The lowest BCUT2D eigenvalue weighted by Crippen LogP contribution is -2.36. The third-order valence-electron chi connectivity index (χ3n) is 3.11. The zero-order chi connectivity index (χ0) is 9.42. The Balaban J connectivity index is 2.13. The van der Waals surface area contributed by atoms with Crippen LogP contribution in [0.2, 0.25) is 0 Å². The summed E-state index contributed by atoms with van der Waals surface area (Å²) < 4.78 is 10.2. The van der Waals surface area contributed by atoms with Crippen LogP contribution in [0.3, 0.4) is 0 Å². The first-order valence-electron chi connectivity index (χ1n) is 4.62. The molecule has 0 aliphatic carbocycles. The fraction of sp³-hybridized carbons (Fsp3) is 0.889. The van der Waals surface area contributed by atoms with Gasteiger partial charge in [0.1, 0.15) is 0 Å². The van der Waals surface area contributed by atoms with Gasteiger partial charge in [-0.05, 0) is 12.8 Å². The third kappa shape index (κ3) is 1.25. The Labute approximate surface area is 76.8 Å². The minimum atomic E-state index is -0.244. The van der Waals surface area contributed by atoms with Gasteiger partial charge in [-0.3, -0.25) is 4.79 Å². The van der Waals surface area contributed by atoms with Crippen LogP contribution in [0.4, 0.5) is 0 Å². The molecular formula is C9H14O4. The fourth-order valence-corrected chi connectivity index (χ4v) is 2.47. The first kappa shape index (κ1) is 8.97. The number of ether oxygens (including phenoxy) is 2. The van der Waals surface area contributed by atoms with E-state index in [-0.39, 0.29) is 36.6 Å². The topological polar surface area (TPSA) is 55.8 Å².